The summed E-state index contributed by atoms with van der Waals surface area (Å²) in [6.07, 6.45) is 1.20. The Morgan fingerprint density at radius 3 is 2.70 bits per heavy atom. The van der Waals surface area contributed by atoms with Gasteiger partial charge in [-0.25, -0.2) is 9.18 Å². The second-order valence-electron chi connectivity index (χ2n) is 3.86. The number of carboxylic acids is 1. The number of para-hydroxylation sites is 1. The van der Waals surface area contributed by atoms with Gasteiger partial charge in [-0.2, -0.15) is 5.10 Å². The zero-order chi connectivity index (χ0) is 14.5. The van der Waals surface area contributed by atoms with Crippen LogP contribution in [-0.2, 0) is 0 Å². The van der Waals surface area contributed by atoms with Crippen LogP contribution in [0.2, 0.25) is 5.02 Å². The van der Waals surface area contributed by atoms with Gasteiger partial charge < -0.3 is 5.11 Å². The number of benzene rings is 2. The topological polar surface area (TPSA) is 61.7 Å². The Balaban J connectivity index is 2.21. The Morgan fingerprint density at radius 1 is 1.25 bits per heavy atom. The van der Waals surface area contributed by atoms with Crippen LogP contribution in [0.15, 0.2) is 47.6 Å². The number of hydrogen-bond acceptors (Lipinski definition) is 3. The van der Waals surface area contributed by atoms with Gasteiger partial charge in [-0.1, -0.05) is 29.8 Å². The minimum absolute atomic E-state index is 0.0734. The molecule has 0 amide bonds. The number of carboxylic acid groups (broad SMARTS) is 1. The summed E-state index contributed by atoms with van der Waals surface area (Å²) in [5.41, 5.74) is 3.08. The zero-order valence-electron chi connectivity index (χ0n) is 10.2. The van der Waals surface area contributed by atoms with E-state index in [1.54, 1.807) is 18.2 Å². The molecule has 2 aromatic carbocycles. The molecule has 2 N–H and O–H groups in total. The molecule has 0 saturated carbocycles. The molecule has 4 nitrogen and oxygen atoms in total. The second kappa shape index (κ2) is 6.16. The molecule has 0 spiro atoms. The van der Waals surface area contributed by atoms with Crippen molar-refractivity contribution < 1.29 is 14.3 Å². The smallest absolute Gasteiger partial charge is 0.337 e. The third kappa shape index (κ3) is 3.13. The van der Waals surface area contributed by atoms with Gasteiger partial charge in [0.1, 0.15) is 5.82 Å². The lowest BCUT2D eigenvalue weighted by atomic mass is 10.2. The van der Waals surface area contributed by atoms with Crippen molar-refractivity contribution in [1.29, 1.82) is 0 Å². The first-order chi connectivity index (χ1) is 9.59. The molecular formula is C14H10ClFN2O2. The molecule has 0 saturated heterocycles. The van der Waals surface area contributed by atoms with Crippen molar-refractivity contribution in [1.82, 2.24) is 0 Å². The minimum atomic E-state index is -1.08. The van der Waals surface area contributed by atoms with Crippen LogP contribution in [0.3, 0.4) is 0 Å². The van der Waals surface area contributed by atoms with Crippen LogP contribution in [0.4, 0.5) is 10.1 Å². The van der Waals surface area contributed by atoms with E-state index in [0.717, 1.165) is 0 Å². The van der Waals surface area contributed by atoms with E-state index in [0.29, 0.717) is 5.69 Å². The average Bonchev–Trinajstić information content (AvgIpc) is 2.42. The summed E-state index contributed by atoms with van der Waals surface area (Å²) >= 11 is 5.84. The van der Waals surface area contributed by atoms with Gasteiger partial charge in [-0.05, 0) is 24.3 Å². The van der Waals surface area contributed by atoms with Crippen molar-refractivity contribution in [3.63, 3.8) is 0 Å². The van der Waals surface area contributed by atoms with E-state index in [9.17, 15) is 9.18 Å². The highest BCUT2D eigenvalue weighted by atomic mass is 35.5. The first-order valence-corrected chi connectivity index (χ1v) is 6.03. The standard InChI is InChI=1S/C14H10ClFN2O2/c15-11-5-3-6-12(16)10(11)8-17-18-13-7-2-1-4-9(13)14(19)20/h1-8,18H,(H,19,20)/b17-8+. The summed E-state index contributed by atoms with van der Waals surface area (Å²) in [5, 5.41) is 13.0. The van der Waals surface area contributed by atoms with Gasteiger partial charge in [0.25, 0.3) is 0 Å². The molecule has 0 aliphatic carbocycles. The summed E-state index contributed by atoms with van der Waals surface area (Å²) in [6, 6.07) is 10.6. The maximum Gasteiger partial charge on any atom is 0.337 e. The van der Waals surface area contributed by atoms with Crippen LogP contribution in [0.5, 0.6) is 0 Å². The number of nitrogens with one attached hydrogen (secondary N) is 1. The highest BCUT2D eigenvalue weighted by Crippen LogP contribution is 2.18. The van der Waals surface area contributed by atoms with Gasteiger partial charge in [-0.15, -0.1) is 0 Å². The summed E-state index contributed by atoms with van der Waals surface area (Å²) in [7, 11) is 0. The number of hydrazone groups is 1. The van der Waals surface area contributed by atoms with E-state index in [2.05, 4.69) is 10.5 Å². The van der Waals surface area contributed by atoms with Crippen LogP contribution in [-0.4, -0.2) is 17.3 Å². The highest BCUT2D eigenvalue weighted by Gasteiger charge is 2.08. The second-order valence-corrected chi connectivity index (χ2v) is 4.26. The first kappa shape index (κ1) is 14.0. The molecule has 0 unspecified atom stereocenters. The fourth-order valence-corrected chi connectivity index (χ4v) is 1.78. The summed E-state index contributed by atoms with van der Waals surface area (Å²) in [4.78, 5) is 11.0. The van der Waals surface area contributed by atoms with Crippen LogP contribution in [0, 0.1) is 5.82 Å². The highest BCUT2D eigenvalue weighted by molar-refractivity contribution is 6.33. The van der Waals surface area contributed by atoms with E-state index in [1.165, 1.54) is 30.5 Å². The number of rotatable bonds is 4. The van der Waals surface area contributed by atoms with Crippen molar-refractivity contribution in [2.45, 2.75) is 0 Å². The Bertz CT molecular complexity index is 654. The van der Waals surface area contributed by atoms with Gasteiger partial charge in [0.05, 0.1) is 22.5 Å². The molecule has 2 aromatic rings. The van der Waals surface area contributed by atoms with Gasteiger partial charge in [-0.3, -0.25) is 5.43 Å². The number of aromatic carboxylic acids is 1. The van der Waals surface area contributed by atoms with Crippen molar-refractivity contribution in [3.8, 4) is 0 Å². The molecule has 20 heavy (non-hydrogen) atoms. The van der Waals surface area contributed by atoms with Crippen LogP contribution in [0.1, 0.15) is 15.9 Å². The molecule has 0 fully saturated rings. The molecule has 0 aliphatic heterocycles. The predicted octanol–water partition coefficient (Wildman–Crippen LogP) is 3.62. The van der Waals surface area contributed by atoms with E-state index in [1.807, 2.05) is 0 Å². The lowest BCUT2D eigenvalue weighted by Gasteiger charge is -2.04. The van der Waals surface area contributed by atoms with Crippen molar-refractivity contribution >= 4 is 29.5 Å². The number of anilines is 1. The molecule has 0 atom stereocenters. The molecule has 0 radical (unpaired) electrons. The molecule has 0 aliphatic rings. The predicted molar refractivity (Wildman–Crippen MR) is 76.0 cm³/mol. The summed E-state index contributed by atoms with van der Waals surface area (Å²) in [6.45, 7) is 0. The van der Waals surface area contributed by atoms with E-state index in [4.69, 9.17) is 16.7 Å². The lowest BCUT2D eigenvalue weighted by Crippen LogP contribution is -2.02. The monoisotopic (exact) mass is 292 g/mol. The first-order valence-electron chi connectivity index (χ1n) is 5.65. The van der Waals surface area contributed by atoms with E-state index >= 15 is 0 Å². The Labute approximate surface area is 119 Å². The minimum Gasteiger partial charge on any atom is -0.478 e. The van der Waals surface area contributed by atoms with E-state index < -0.39 is 11.8 Å². The Morgan fingerprint density at radius 2 is 2.00 bits per heavy atom. The Hall–Kier alpha value is -2.40. The van der Waals surface area contributed by atoms with Gasteiger partial charge in [0, 0.05) is 5.56 Å². The molecule has 2 rings (SSSR count). The number of hydrogen-bond donors (Lipinski definition) is 2. The molecule has 0 bridgehead atoms. The normalized spacial score (nSPS) is 10.7. The maximum absolute atomic E-state index is 13.5. The van der Waals surface area contributed by atoms with Crippen molar-refractivity contribution in [3.05, 3.63) is 64.4 Å². The molecular weight excluding hydrogens is 283 g/mol. The van der Waals surface area contributed by atoms with Crippen molar-refractivity contribution in [2.75, 3.05) is 5.43 Å². The fraction of sp³-hybridized carbons (Fsp3) is 0. The van der Waals surface area contributed by atoms with E-state index in [-0.39, 0.29) is 16.1 Å². The lowest BCUT2D eigenvalue weighted by molar-refractivity contribution is 0.0698. The van der Waals surface area contributed by atoms with Crippen molar-refractivity contribution in [2.24, 2.45) is 5.10 Å². The fourth-order valence-electron chi connectivity index (χ4n) is 1.57. The molecule has 0 heterocycles. The van der Waals surface area contributed by atoms with Gasteiger partial charge in [0.15, 0.2) is 0 Å². The number of halogens is 2. The van der Waals surface area contributed by atoms with Crippen LogP contribution < -0.4 is 5.43 Å². The average molecular weight is 293 g/mol. The third-order valence-electron chi connectivity index (χ3n) is 2.54. The molecule has 0 aromatic heterocycles. The molecule has 102 valence electrons. The van der Waals surface area contributed by atoms with Crippen LogP contribution in [0.25, 0.3) is 0 Å². The molecule has 6 heteroatoms. The maximum atomic E-state index is 13.5. The van der Waals surface area contributed by atoms with Gasteiger partial charge >= 0.3 is 5.97 Å². The number of carbonyl (C=O) groups is 1. The third-order valence-corrected chi connectivity index (χ3v) is 2.87. The zero-order valence-corrected chi connectivity index (χ0v) is 10.9. The Kier molecular flexibility index (Phi) is 4.32. The summed E-state index contributed by atoms with van der Waals surface area (Å²) < 4.78 is 13.5. The SMILES string of the molecule is O=C(O)c1ccccc1N/N=C/c1c(F)cccc1Cl. The largest absolute Gasteiger partial charge is 0.478 e. The van der Waals surface area contributed by atoms with Gasteiger partial charge in [0.2, 0.25) is 0 Å². The quantitative estimate of drug-likeness (QED) is 0.668. The number of nitrogens with zero attached hydrogens (tertiary/aromatic N) is 1. The van der Waals surface area contributed by atoms with Crippen LogP contribution >= 0.6 is 11.6 Å². The summed E-state index contributed by atoms with van der Waals surface area (Å²) in [5.74, 6) is -1.58.